The van der Waals surface area contributed by atoms with E-state index in [1.165, 1.54) is 0 Å². The molecular weight excluding hydrogens is 220 g/mol. The Morgan fingerprint density at radius 3 is 2.75 bits per heavy atom. The number of thiazole rings is 1. The molecule has 1 aromatic rings. The first-order valence-electron chi connectivity index (χ1n) is 5.86. The van der Waals surface area contributed by atoms with Crippen molar-refractivity contribution >= 4 is 11.3 Å². The van der Waals surface area contributed by atoms with Crippen LogP contribution in [0.4, 0.5) is 0 Å². The van der Waals surface area contributed by atoms with Gasteiger partial charge in [-0.25, -0.2) is 4.98 Å². The SMILES string of the molecule is Cc1nc(C(C)NCCCOC(C)C)cs1. The average Bonchev–Trinajstić information content (AvgIpc) is 2.63. The first kappa shape index (κ1) is 13.6. The molecule has 0 saturated carbocycles. The smallest absolute Gasteiger partial charge is 0.0898 e. The molecule has 1 unspecified atom stereocenters. The van der Waals surface area contributed by atoms with E-state index in [1.54, 1.807) is 11.3 Å². The Labute approximate surface area is 102 Å². The molecule has 0 aliphatic rings. The predicted molar refractivity (Wildman–Crippen MR) is 69.0 cm³/mol. The van der Waals surface area contributed by atoms with Crippen LogP contribution in [0.25, 0.3) is 0 Å². The maximum Gasteiger partial charge on any atom is 0.0898 e. The van der Waals surface area contributed by atoms with Crippen LogP contribution in [-0.4, -0.2) is 24.2 Å². The summed E-state index contributed by atoms with van der Waals surface area (Å²) in [7, 11) is 0. The van der Waals surface area contributed by atoms with Crippen molar-refractivity contribution in [2.24, 2.45) is 0 Å². The highest BCUT2D eigenvalue weighted by Gasteiger charge is 2.07. The van der Waals surface area contributed by atoms with Gasteiger partial charge in [-0.2, -0.15) is 0 Å². The zero-order valence-corrected chi connectivity index (χ0v) is 11.4. The lowest BCUT2D eigenvalue weighted by atomic mass is 10.2. The third kappa shape index (κ3) is 5.05. The monoisotopic (exact) mass is 242 g/mol. The summed E-state index contributed by atoms with van der Waals surface area (Å²) in [5.41, 5.74) is 1.15. The second-order valence-corrected chi connectivity index (χ2v) is 5.30. The number of nitrogens with zero attached hydrogens (tertiary/aromatic N) is 1. The molecule has 1 rings (SSSR count). The van der Waals surface area contributed by atoms with Crippen molar-refractivity contribution in [3.8, 4) is 0 Å². The van der Waals surface area contributed by atoms with E-state index in [2.05, 4.69) is 36.5 Å². The molecular formula is C12H22N2OS. The Kier molecular flexibility index (Phi) is 5.95. The highest BCUT2D eigenvalue weighted by Crippen LogP contribution is 2.15. The van der Waals surface area contributed by atoms with Crippen molar-refractivity contribution in [1.82, 2.24) is 10.3 Å². The standard InChI is InChI=1S/C12H22N2OS/c1-9(2)15-7-5-6-13-10(3)12-8-16-11(4)14-12/h8-10,13H,5-7H2,1-4H3. The van der Waals surface area contributed by atoms with E-state index in [0.29, 0.717) is 12.1 Å². The molecule has 0 radical (unpaired) electrons. The van der Waals surface area contributed by atoms with E-state index in [0.717, 1.165) is 30.3 Å². The molecule has 92 valence electrons. The van der Waals surface area contributed by atoms with E-state index in [9.17, 15) is 0 Å². The number of rotatable bonds is 7. The van der Waals surface area contributed by atoms with E-state index < -0.39 is 0 Å². The van der Waals surface area contributed by atoms with Gasteiger partial charge in [0.15, 0.2) is 0 Å². The van der Waals surface area contributed by atoms with E-state index in [4.69, 9.17) is 4.74 Å². The molecule has 0 bridgehead atoms. The zero-order chi connectivity index (χ0) is 12.0. The molecule has 0 fully saturated rings. The van der Waals surface area contributed by atoms with Crippen molar-refractivity contribution < 1.29 is 4.74 Å². The molecule has 1 N–H and O–H groups in total. The van der Waals surface area contributed by atoms with Gasteiger partial charge >= 0.3 is 0 Å². The summed E-state index contributed by atoms with van der Waals surface area (Å²) in [6, 6.07) is 0.337. The number of aromatic nitrogens is 1. The number of aryl methyl sites for hydroxylation is 1. The third-order valence-corrected chi connectivity index (χ3v) is 3.09. The van der Waals surface area contributed by atoms with Gasteiger partial charge in [0.1, 0.15) is 0 Å². The lowest BCUT2D eigenvalue weighted by Crippen LogP contribution is -2.21. The van der Waals surface area contributed by atoms with Gasteiger partial charge in [-0.3, -0.25) is 0 Å². The first-order valence-corrected chi connectivity index (χ1v) is 6.74. The van der Waals surface area contributed by atoms with Crippen LogP contribution < -0.4 is 5.32 Å². The highest BCUT2D eigenvalue weighted by atomic mass is 32.1. The lowest BCUT2D eigenvalue weighted by molar-refractivity contribution is 0.0767. The second kappa shape index (κ2) is 6.99. The van der Waals surface area contributed by atoms with Gasteiger partial charge in [-0.05, 0) is 40.7 Å². The molecule has 3 nitrogen and oxygen atoms in total. The molecule has 1 atom stereocenters. The van der Waals surface area contributed by atoms with Crippen LogP contribution in [0.15, 0.2) is 5.38 Å². The fourth-order valence-electron chi connectivity index (χ4n) is 1.39. The van der Waals surface area contributed by atoms with Crippen molar-refractivity contribution in [2.45, 2.75) is 46.3 Å². The van der Waals surface area contributed by atoms with Gasteiger partial charge in [-0.15, -0.1) is 11.3 Å². The van der Waals surface area contributed by atoms with Crippen LogP contribution in [0.3, 0.4) is 0 Å². The Morgan fingerprint density at radius 1 is 1.44 bits per heavy atom. The van der Waals surface area contributed by atoms with Crippen molar-refractivity contribution in [3.63, 3.8) is 0 Å². The summed E-state index contributed by atoms with van der Waals surface area (Å²) in [5.74, 6) is 0. The predicted octanol–water partition coefficient (Wildman–Crippen LogP) is 2.92. The van der Waals surface area contributed by atoms with Crippen LogP contribution in [0, 0.1) is 6.92 Å². The number of ether oxygens (including phenoxy) is 1. The van der Waals surface area contributed by atoms with Gasteiger partial charge in [0, 0.05) is 18.0 Å². The number of hydrogen-bond acceptors (Lipinski definition) is 4. The van der Waals surface area contributed by atoms with Crippen LogP contribution in [0.5, 0.6) is 0 Å². The molecule has 1 heterocycles. The molecule has 0 saturated heterocycles. The van der Waals surface area contributed by atoms with Crippen molar-refractivity contribution in [2.75, 3.05) is 13.2 Å². The second-order valence-electron chi connectivity index (χ2n) is 4.24. The summed E-state index contributed by atoms with van der Waals surface area (Å²) < 4.78 is 5.48. The van der Waals surface area contributed by atoms with Gasteiger partial charge < -0.3 is 10.1 Å². The van der Waals surface area contributed by atoms with E-state index in [1.807, 2.05) is 6.92 Å². The Morgan fingerprint density at radius 2 is 2.19 bits per heavy atom. The fraction of sp³-hybridized carbons (Fsp3) is 0.750. The molecule has 0 aromatic carbocycles. The Balaban J connectivity index is 2.13. The molecule has 16 heavy (non-hydrogen) atoms. The minimum Gasteiger partial charge on any atom is -0.379 e. The van der Waals surface area contributed by atoms with Crippen LogP contribution in [0.1, 0.15) is 43.9 Å². The summed E-state index contributed by atoms with van der Waals surface area (Å²) >= 11 is 1.70. The summed E-state index contributed by atoms with van der Waals surface area (Å²) in [6.45, 7) is 10.1. The average molecular weight is 242 g/mol. The first-order chi connectivity index (χ1) is 7.59. The Hall–Kier alpha value is -0.450. The minimum atomic E-state index is 0.332. The fourth-order valence-corrected chi connectivity index (χ4v) is 2.10. The minimum absolute atomic E-state index is 0.332. The van der Waals surface area contributed by atoms with Crippen LogP contribution in [0.2, 0.25) is 0 Å². The summed E-state index contributed by atoms with van der Waals surface area (Å²) in [5, 5.41) is 6.70. The van der Waals surface area contributed by atoms with Gasteiger partial charge in [0.05, 0.1) is 16.8 Å². The maximum absolute atomic E-state index is 5.48. The quantitative estimate of drug-likeness (QED) is 0.747. The summed E-state index contributed by atoms with van der Waals surface area (Å²) in [6.07, 6.45) is 1.38. The molecule has 0 amide bonds. The van der Waals surface area contributed by atoms with E-state index >= 15 is 0 Å². The van der Waals surface area contributed by atoms with Gasteiger partial charge in [0.2, 0.25) is 0 Å². The molecule has 0 spiro atoms. The number of nitrogens with one attached hydrogen (secondary N) is 1. The van der Waals surface area contributed by atoms with Crippen molar-refractivity contribution in [3.05, 3.63) is 16.1 Å². The lowest BCUT2D eigenvalue weighted by Gasteiger charge is -2.12. The molecule has 4 heteroatoms. The Bertz CT molecular complexity index is 299. The zero-order valence-electron chi connectivity index (χ0n) is 10.6. The molecule has 0 aliphatic heterocycles. The number of hydrogen-bond donors (Lipinski definition) is 1. The summed E-state index contributed by atoms with van der Waals surface area (Å²) in [4.78, 5) is 4.46. The highest BCUT2D eigenvalue weighted by molar-refractivity contribution is 7.09. The largest absolute Gasteiger partial charge is 0.379 e. The van der Waals surface area contributed by atoms with Crippen molar-refractivity contribution in [1.29, 1.82) is 0 Å². The van der Waals surface area contributed by atoms with Crippen LogP contribution >= 0.6 is 11.3 Å². The molecule has 1 aromatic heterocycles. The normalized spacial score (nSPS) is 13.3. The van der Waals surface area contributed by atoms with Gasteiger partial charge in [-0.1, -0.05) is 0 Å². The molecule has 0 aliphatic carbocycles. The topological polar surface area (TPSA) is 34.2 Å². The van der Waals surface area contributed by atoms with Gasteiger partial charge in [0.25, 0.3) is 0 Å². The van der Waals surface area contributed by atoms with Crippen LogP contribution in [-0.2, 0) is 4.74 Å². The third-order valence-electron chi connectivity index (χ3n) is 2.30. The maximum atomic E-state index is 5.48. The van der Waals surface area contributed by atoms with E-state index in [-0.39, 0.29) is 0 Å².